The Labute approximate surface area is 163 Å². The van der Waals surface area contributed by atoms with Gasteiger partial charge >= 0.3 is 5.97 Å². The maximum absolute atomic E-state index is 12.3. The van der Waals surface area contributed by atoms with E-state index in [1.165, 1.54) is 12.1 Å². The normalized spacial score (nSPS) is 17.1. The highest BCUT2D eigenvalue weighted by Gasteiger charge is 2.23. The van der Waals surface area contributed by atoms with Crippen LogP contribution in [0.3, 0.4) is 0 Å². The standard InChI is InChI=1S/C21H23N3O4/c22-19(25)17-5-2-10-24(13-17)12-14-6-8-18(9-7-14)23-20(26)15-3-1-4-16(11-15)21(27)28/h1,3-4,6-9,11,17H,2,5,10,12-13H2,(H2,22,25)(H,23,26)(H,27,28). The molecule has 2 aromatic carbocycles. The molecule has 1 atom stereocenters. The maximum atomic E-state index is 12.3. The molecule has 0 aliphatic carbocycles. The first-order chi connectivity index (χ1) is 13.4. The Hall–Kier alpha value is -3.19. The lowest BCUT2D eigenvalue weighted by Gasteiger charge is -2.31. The number of carboxylic acids is 1. The minimum absolute atomic E-state index is 0.0683. The molecular weight excluding hydrogens is 358 g/mol. The van der Waals surface area contributed by atoms with Crippen molar-refractivity contribution in [3.63, 3.8) is 0 Å². The first-order valence-corrected chi connectivity index (χ1v) is 9.17. The third-order valence-corrected chi connectivity index (χ3v) is 4.90. The average molecular weight is 381 g/mol. The molecule has 146 valence electrons. The van der Waals surface area contributed by atoms with Crippen molar-refractivity contribution in [2.75, 3.05) is 18.4 Å². The minimum atomic E-state index is -1.07. The summed E-state index contributed by atoms with van der Waals surface area (Å²) in [6, 6.07) is 13.4. The van der Waals surface area contributed by atoms with E-state index in [-0.39, 0.29) is 28.9 Å². The van der Waals surface area contributed by atoms with Crippen molar-refractivity contribution in [3.05, 3.63) is 65.2 Å². The summed E-state index contributed by atoms with van der Waals surface area (Å²) in [7, 11) is 0. The van der Waals surface area contributed by atoms with Crippen LogP contribution in [0.2, 0.25) is 0 Å². The molecule has 0 radical (unpaired) electrons. The van der Waals surface area contributed by atoms with E-state index < -0.39 is 5.97 Å². The van der Waals surface area contributed by atoms with E-state index in [9.17, 15) is 14.4 Å². The van der Waals surface area contributed by atoms with Crippen LogP contribution in [0.1, 0.15) is 39.1 Å². The summed E-state index contributed by atoms with van der Waals surface area (Å²) < 4.78 is 0. The molecule has 4 N–H and O–H groups in total. The zero-order chi connectivity index (χ0) is 20.1. The van der Waals surface area contributed by atoms with E-state index in [1.54, 1.807) is 12.1 Å². The number of rotatable bonds is 6. The molecule has 28 heavy (non-hydrogen) atoms. The highest BCUT2D eigenvalue weighted by molar-refractivity contribution is 6.05. The summed E-state index contributed by atoms with van der Waals surface area (Å²) in [5.41, 5.74) is 7.49. The minimum Gasteiger partial charge on any atom is -0.478 e. The fourth-order valence-electron chi connectivity index (χ4n) is 3.38. The second-order valence-electron chi connectivity index (χ2n) is 7.01. The number of amides is 2. The van der Waals surface area contributed by atoms with Crippen LogP contribution in [0.25, 0.3) is 0 Å². The first kappa shape index (κ1) is 19.6. The van der Waals surface area contributed by atoms with Gasteiger partial charge < -0.3 is 16.2 Å². The second kappa shape index (κ2) is 8.67. The summed E-state index contributed by atoms with van der Waals surface area (Å²) in [5, 5.41) is 11.8. The fraction of sp³-hybridized carbons (Fsp3) is 0.286. The van der Waals surface area contributed by atoms with Gasteiger partial charge in [-0.2, -0.15) is 0 Å². The first-order valence-electron chi connectivity index (χ1n) is 9.17. The predicted octanol–water partition coefficient (Wildman–Crippen LogP) is 2.33. The number of hydrogen-bond donors (Lipinski definition) is 3. The van der Waals surface area contributed by atoms with Gasteiger partial charge in [0.25, 0.3) is 5.91 Å². The number of nitrogens with zero attached hydrogens (tertiary/aromatic N) is 1. The van der Waals surface area contributed by atoms with Crippen molar-refractivity contribution in [1.82, 2.24) is 4.90 Å². The van der Waals surface area contributed by atoms with Crippen molar-refractivity contribution in [1.29, 1.82) is 0 Å². The number of carboxylic acid groups (broad SMARTS) is 1. The number of carbonyl (C=O) groups excluding carboxylic acids is 2. The molecule has 2 aromatic rings. The van der Waals surface area contributed by atoms with Crippen LogP contribution in [-0.4, -0.2) is 40.9 Å². The fourth-order valence-corrected chi connectivity index (χ4v) is 3.38. The van der Waals surface area contributed by atoms with Crippen LogP contribution in [0, 0.1) is 5.92 Å². The predicted molar refractivity (Wildman–Crippen MR) is 105 cm³/mol. The average Bonchev–Trinajstić information content (AvgIpc) is 2.69. The Morgan fingerprint density at radius 2 is 1.82 bits per heavy atom. The number of anilines is 1. The summed E-state index contributed by atoms with van der Waals surface area (Å²) >= 11 is 0. The summed E-state index contributed by atoms with van der Waals surface area (Å²) in [6.45, 7) is 2.33. The molecule has 0 bridgehead atoms. The molecule has 1 aliphatic rings. The quantitative estimate of drug-likeness (QED) is 0.711. The van der Waals surface area contributed by atoms with E-state index in [0.29, 0.717) is 12.2 Å². The van der Waals surface area contributed by atoms with Crippen molar-refractivity contribution in [2.45, 2.75) is 19.4 Å². The van der Waals surface area contributed by atoms with Gasteiger partial charge in [-0.15, -0.1) is 0 Å². The van der Waals surface area contributed by atoms with Gasteiger partial charge in [0.15, 0.2) is 0 Å². The van der Waals surface area contributed by atoms with Crippen LogP contribution >= 0.6 is 0 Å². The van der Waals surface area contributed by atoms with Gasteiger partial charge in [0.1, 0.15) is 0 Å². The number of primary amides is 1. The Morgan fingerprint density at radius 3 is 2.50 bits per heavy atom. The van der Waals surface area contributed by atoms with Crippen LogP contribution in [0.4, 0.5) is 5.69 Å². The van der Waals surface area contributed by atoms with Crippen LogP contribution < -0.4 is 11.1 Å². The smallest absolute Gasteiger partial charge is 0.335 e. The lowest BCUT2D eigenvalue weighted by molar-refractivity contribution is -0.123. The number of aromatic carboxylic acids is 1. The molecule has 0 saturated carbocycles. The van der Waals surface area contributed by atoms with E-state index >= 15 is 0 Å². The number of carbonyl (C=O) groups is 3. The van der Waals surface area contributed by atoms with E-state index in [1.807, 2.05) is 24.3 Å². The van der Waals surface area contributed by atoms with Gasteiger partial charge in [-0.05, 0) is 55.3 Å². The third kappa shape index (κ3) is 4.95. The zero-order valence-electron chi connectivity index (χ0n) is 15.4. The molecule has 0 spiro atoms. The Kier molecular flexibility index (Phi) is 6.06. The van der Waals surface area contributed by atoms with Crippen molar-refractivity contribution in [3.8, 4) is 0 Å². The number of nitrogens with two attached hydrogens (primary N) is 1. The highest BCUT2D eigenvalue weighted by Crippen LogP contribution is 2.19. The molecule has 1 fully saturated rings. The number of likely N-dealkylation sites (tertiary alicyclic amines) is 1. The van der Waals surface area contributed by atoms with Gasteiger partial charge in [-0.1, -0.05) is 18.2 Å². The SMILES string of the molecule is NC(=O)C1CCCN(Cc2ccc(NC(=O)c3cccc(C(=O)O)c3)cc2)C1. The monoisotopic (exact) mass is 381 g/mol. The highest BCUT2D eigenvalue weighted by atomic mass is 16.4. The van der Waals surface area contributed by atoms with Crippen molar-refractivity contribution >= 4 is 23.5 Å². The number of hydrogen-bond acceptors (Lipinski definition) is 4. The Bertz CT molecular complexity index is 879. The molecule has 1 heterocycles. The third-order valence-electron chi connectivity index (χ3n) is 4.90. The molecule has 0 aromatic heterocycles. The van der Waals surface area contributed by atoms with Gasteiger partial charge in [0, 0.05) is 24.3 Å². The van der Waals surface area contributed by atoms with Gasteiger partial charge in [-0.3, -0.25) is 14.5 Å². The van der Waals surface area contributed by atoms with Crippen molar-refractivity contribution < 1.29 is 19.5 Å². The molecule has 1 unspecified atom stereocenters. The topological polar surface area (TPSA) is 113 Å². The lowest BCUT2D eigenvalue weighted by Crippen LogP contribution is -2.40. The molecule has 1 aliphatic heterocycles. The number of nitrogens with one attached hydrogen (secondary N) is 1. The van der Waals surface area contributed by atoms with E-state index in [4.69, 9.17) is 10.8 Å². The maximum Gasteiger partial charge on any atom is 0.335 e. The van der Waals surface area contributed by atoms with E-state index in [2.05, 4.69) is 10.2 Å². The lowest BCUT2D eigenvalue weighted by atomic mass is 9.97. The van der Waals surface area contributed by atoms with Crippen LogP contribution in [0.5, 0.6) is 0 Å². The van der Waals surface area contributed by atoms with Gasteiger partial charge in [-0.25, -0.2) is 4.79 Å². The number of benzene rings is 2. The van der Waals surface area contributed by atoms with E-state index in [0.717, 1.165) is 31.5 Å². The molecule has 1 saturated heterocycles. The molecular formula is C21H23N3O4. The van der Waals surface area contributed by atoms with Crippen LogP contribution in [0.15, 0.2) is 48.5 Å². The number of piperidine rings is 1. The molecule has 3 rings (SSSR count). The largest absolute Gasteiger partial charge is 0.478 e. The summed E-state index contributed by atoms with van der Waals surface area (Å²) in [4.78, 5) is 37.0. The Morgan fingerprint density at radius 1 is 1.11 bits per heavy atom. The summed E-state index contributed by atoms with van der Waals surface area (Å²) in [5.74, 6) is -1.77. The van der Waals surface area contributed by atoms with Crippen molar-refractivity contribution in [2.24, 2.45) is 11.7 Å². The molecule has 7 nitrogen and oxygen atoms in total. The zero-order valence-corrected chi connectivity index (χ0v) is 15.4. The van der Waals surface area contributed by atoms with Crippen LogP contribution in [-0.2, 0) is 11.3 Å². The second-order valence-corrected chi connectivity index (χ2v) is 7.01. The molecule has 2 amide bonds. The van der Waals surface area contributed by atoms with Gasteiger partial charge in [0.2, 0.25) is 5.91 Å². The Balaban J connectivity index is 1.60. The van der Waals surface area contributed by atoms with Gasteiger partial charge in [0.05, 0.1) is 11.5 Å². The molecule has 7 heteroatoms. The summed E-state index contributed by atoms with van der Waals surface area (Å²) in [6.07, 6.45) is 1.80.